The highest BCUT2D eigenvalue weighted by atomic mass is 15.2. The number of aromatic nitrogens is 4. The second kappa shape index (κ2) is 5.37. The Kier molecular flexibility index (Phi) is 2.60. The Morgan fingerprint density at radius 2 is 2.05 bits per heavy atom. The number of nitrogen functional groups attached to an aromatic ring is 1. The number of nitrogens with one attached hydrogen (secondary N) is 1. The molecule has 0 aliphatic heterocycles. The number of rotatable bonds is 1. The number of pyridine rings is 2. The summed E-state index contributed by atoms with van der Waals surface area (Å²) in [7, 11) is 1.77. The van der Waals surface area contributed by atoms with Gasteiger partial charge in [0, 0.05) is 47.5 Å². The van der Waals surface area contributed by atoms with E-state index in [4.69, 9.17) is 9.85 Å². The topological polar surface area (TPSA) is 81.7 Å². The summed E-state index contributed by atoms with van der Waals surface area (Å²) in [6.07, 6.45) is 4.71. The van der Waals surface area contributed by atoms with E-state index in [1.807, 2.05) is 0 Å². The fraction of sp³-hybridized carbons (Fsp3) is 0.188. The molecule has 0 spiro atoms. The smallest absolute Gasteiger partial charge is 0.135 e. The molecule has 0 radical (unpaired) electrons. The highest BCUT2D eigenvalue weighted by molar-refractivity contribution is 5.96. The molecule has 3 heterocycles. The van der Waals surface area contributed by atoms with E-state index in [1.54, 1.807) is 32.4 Å². The van der Waals surface area contributed by atoms with Crippen molar-refractivity contribution in [3.8, 4) is 11.8 Å². The maximum atomic E-state index is 7.40. The van der Waals surface area contributed by atoms with Crippen molar-refractivity contribution in [1.29, 1.82) is 0 Å². The van der Waals surface area contributed by atoms with Crippen molar-refractivity contribution in [3.63, 3.8) is 0 Å². The van der Waals surface area contributed by atoms with Gasteiger partial charge in [0.15, 0.2) is 0 Å². The fourth-order valence-corrected chi connectivity index (χ4v) is 2.17. The molecule has 0 saturated heterocycles. The molecule has 0 fully saturated rings. The van der Waals surface area contributed by atoms with Crippen LogP contribution in [0.5, 0.6) is 0 Å². The van der Waals surface area contributed by atoms with Crippen LogP contribution < -0.4 is 11.1 Å². The maximum Gasteiger partial charge on any atom is 0.135 e. The van der Waals surface area contributed by atoms with Crippen molar-refractivity contribution in [2.24, 2.45) is 6.98 Å². The third kappa shape index (κ3) is 2.44. The zero-order valence-electron chi connectivity index (χ0n) is 15.2. The highest BCUT2D eigenvalue weighted by Gasteiger charge is 2.07. The minimum Gasteiger partial charge on any atom is -0.384 e. The molecule has 0 bridgehead atoms. The van der Waals surface area contributed by atoms with Crippen LogP contribution in [0.15, 0.2) is 24.7 Å². The minimum atomic E-state index is -2.33. The lowest BCUT2D eigenvalue weighted by atomic mass is 10.1. The molecule has 22 heavy (non-hydrogen) atoms. The van der Waals surface area contributed by atoms with E-state index < -0.39 is 6.98 Å². The molecular formula is C16H16N6. The number of anilines is 2. The summed E-state index contributed by atoms with van der Waals surface area (Å²) in [5.41, 5.74) is 7.56. The molecule has 0 aliphatic rings. The van der Waals surface area contributed by atoms with Crippen LogP contribution in [0.3, 0.4) is 0 Å². The standard InChI is InChI=1S/C16H16N6/c1-10-12(9-22(3)21-10)5-4-11-7-20-16(18-2)14-8-19-15(17)6-13(11)14/h6-9H,1-3H3,(H2,17,19)(H,18,20)/i3D3. The number of hydrogen-bond acceptors (Lipinski definition) is 5. The first kappa shape index (κ1) is 10.6. The first-order chi connectivity index (χ1) is 11.8. The third-order valence-corrected chi connectivity index (χ3v) is 3.26. The van der Waals surface area contributed by atoms with Crippen LogP contribution in [0.1, 0.15) is 20.9 Å². The average Bonchev–Trinajstić information content (AvgIpc) is 2.93. The van der Waals surface area contributed by atoms with Crippen LogP contribution in [0.4, 0.5) is 11.6 Å². The van der Waals surface area contributed by atoms with Crippen molar-refractivity contribution in [2.75, 3.05) is 18.1 Å². The SMILES string of the molecule is [2H]C([2H])([2H])n1cc(C#Cc2cnc(NC)c3cnc(N)cc23)c(C)n1. The largest absolute Gasteiger partial charge is 0.384 e. The summed E-state index contributed by atoms with van der Waals surface area (Å²) >= 11 is 0. The van der Waals surface area contributed by atoms with Crippen molar-refractivity contribution >= 4 is 22.4 Å². The molecule has 3 rings (SSSR count). The van der Waals surface area contributed by atoms with E-state index >= 15 is 0 Å². The van der Waals surface area contributed by atoms with Crippen LogP contribution >= 0.6 is 0 Å². The minimum absolute atomic E-state index is 0.384. The normalized spacial score (nSPS) is 12.9. The van der Waals surface area contributed by atoms with E-state index in [0.717, 1.165) is 15.5 Å². The molecule has 0 unspecified atom stereocenters. The van der Waals surface area contributed by atoms with E-state index in [2.05, 4.69) is 32.2 Å². The van der Waals surface area contributed by atoms with Crippen molar-refractivity contribution in [1.82, 2.24) is 19.7 Å². The summed E-state index contributed by atoms with van der Waals surface area (Å²) in [6.45, 7) is -0.609. The average molecular weight is 295 g/mol. The molecular weight excluding hydrogens is 276 g/mol. The summed E-state index contributed by atoms with van der Waals surface area (Å²) in [6, 6.07) is 1.74. The van der Waals surface area contributed by atoms with Crippen molar-refractivity contribution in [2.45, 2.75) is 6.92 Å². The van der Waals surface area contributed by atoms with Gasteiger partial charge in [0.05, 0.1) is 16.8 Å². The molecule has 0 aliphatic carbocycles. The van der Waals surface area contributed by atoms with Gasteiger partial charge in [0.1, 0.15) is 11.6 Å². The predicted molar refractivity (Wildman–Crippen MR) is 87.4 cm³/mol. The Morgan fingerprint density at radius 3 is 2.77 bits per heavy atom. The second-order valence-corrected chi connectivity index (χ2v) is 4.75. The zero-order chi connectivity index (χ0) is 18.2. The third-order valence-electron chi connectivity index (χ3n) is 3.26. The van der Waals surface area contributed by atoms with Crippen molar-refractivity contribution in [3.05, 3.63) is 41.5 Å². The first-order valence-electron chi connectivity index (χ1n) is 8.10. The summed E-state index contributed by atoms with van der Waals surface area (Å²) < 4.78 is 23.1. The molecule has 0 aromatic carbocycles. The molecule has 6 nitrogen and oxygen atoms in total. The van der Waals surface area contributed by atoms with E-state index in [1.165, 1.54) is 6.20 Å². The van der Waals surface area contributed by atoms with Crippen molar-refractivity contribution < 1.29 is 4.11 Å². The van der Waals surface area contributed by atoms with Gasteiger partial charge in [0.2, 0.25) is 0 Å². The first-order valence-corrected chi connectivity index (χ1v) is 6.60. The van der Waals surface area contributed by atoms with E-state index in [0.29, 0.717) is 28.5 Å². The molecule has 6 heteroatoms. The fourth-order valence-electron chi connectivity index (χ4n) is 2.17. The van der Waals surface area contributed by atoms with Crippen LogP contribution in [-0.4, -0.2) is 26.8 Å². The monoisotopic (exact) mass is 295 g/mol. The molecule has 0 saturated carbocycles. The molecule has 3 aromatic rings. The molecule has 0 atom stereocenters. The summed E-state index contributed by atoms with van der Waals surface area (Å²) in [5, 5.41) is 8.62. The van der Waals surface area contributed by atoms with Gasteiger partial charge in [-0.1, -0.05) is 11.8 Å². The van der Waals surface area contributed by atoms with Gasteiger partial charge in [-0.15, -0.1) is 0 Å². The molecule has 3 N–H and O–H groups in total. The molecule has 110 valence electrons. The Bertz CT molecular complexity index is 1010. The lowest BCUT2D eigenvalue weighted by molar-refractivity contribution is 0.756. The van der Waals surface area contributed by atoms with Crippen LogP contribution in [0.25, 0.3) is 10.8 Å². The number of aryl methyl sites for hydroxylation is 2. The van der Waals surface area contributed by atoms with Gasteiger partial charge in [-0.25, -0.2) is 9.97 Å². The second-order valence-electron chi connectivity index (χ2n) is 4.75. The van der Waals surface area contributed by atoms with E-state index in [9.17, 15) is 0 Å². The van der Waals surface area contributed by atoms with Gasteiger partial charge >= 0.3 is 0 Å². The number of fused-ring (bicyclic) bond motifs is 1. The Morgan fingerprint density at radius 1 is 1.23 bits per heavy atom. The maximum absolute atomic E-state index is 7.40. The number of nitrogens with two attached hydrogens (primary N) is 1. The summed E-state index contributed by atoms with van der Waals surface area (Å²) in [5.74, 6) is 7.06. The van der Waals surface area contributed by atoms with Gasteiger partial charge < -0.3 is 11.1 Å². The van der Waals surface area contributed by atoms with Crippen LogP contribution in [-0.2, 0) is 6.98 Å². The molecule has 0 amide bonds. The quantitative estimate of drug-likeness (QED) is 0.668. The van der Waals surface area contributed by atoms with Gasteiger partial charge in [-0.2, -0.15) is 5.10 Å². The van der Waals surface area contributed by atoms with Crippen LogP contribution in [0.2, 0.25) is 0 Å². The van der Waals surface area contributed by atoms with Gasteiger partial charge in [0.25, 0.3) is 0 Å². The Labute approximate surface area is 132 Å². The lowest BCUT2D eigenvalue weighted by Crippen LogP contribution is -1.97. The number of hydrogen-bond donors (Lipinski definition) is 2. The Hall–Kier alpha value is -3.07. The van der Waals surface area contributed by atoms with E-state index in [-0.39, 0.29) is 0 Å². The van der Waals surface area contributed by atoms with Gasteiger partial charge in [-0.3, -0.25) is 4.68 Å². The van der Waals surface area contributed by atoms with Gasteiger partial charge in [-0.05, 0) is 13.0 Å². The molecule has 3 aromatic heterocycles. The Balaban J connectivity index is 2.10. The summed E-state index contributed by atoms with van der Waals surface area (Å²) in [4.78, 5) is 8.42. The lowest BCUT2D eigenvalue weighted by Gasteiger charge is -2.06. The number of nitrogens with zero attached hydrogens (tertiary/aromatic N) is 4. The zero-order valence-corrected chi connectivity index (χ0v) is 12.2. The van der Waals surface area contributed by atoms with Crippen LogP contribution in [0, 0.1) is 18.8 Å². The highest BCUT2D eigenvalue weighted by Crippen LogP contribution is 2.24. The predicted octanol–water partition coefficient (Wildman–Crippen LogP) is 1.70.